The van der Waals surface area contributed by atoms with Crippen LogP contribution < -0.4 is 10.6 Å². The maximum absolute atomic E-state index is 14.0. The third-order valence-corrected chi connectivity index (χ3v) is 8.18. The summed E-state index contributed by atoms with van der Waals surface area (Å²) in [5, 5.41) is 30.3. The van der Waals surface area contributed by atoms with E-state index in [1.165, 1.54) is 12.1 Å². The molecule has 3 aromatic carbocycles. The first-order valence-electron chi connectivity index (χ1n) is 16.6. The Bertz CT molecular complexity index is 1920. The van der Waals surface area contributed by atoms with Crippen molar-refractivity contribution in [2.45, 2.75) is 71.1 Å². The van der Waals surface area contributed by atoms with E-state index in [4.69, 9.17) is 4.74 Å². The van der Waals surface area contributed by atoms with Gasteiger partial charge in [0.1, 0.15) is 34.9 Å². The van der Waals surface area contributed by atoms with E-state index in [0.29, 0.717) is 41.0 Å². The number of piperidine rings is 1. The molecule has 0 saturated carbocycles. The van der Waals surface area contributed by atoms with Crippen LogP contribution in [0.3, 0.4) is 0 Å². The molecular formula is C39H43N5O6. The van der Waals surface area contributed by atoms with Crippen molar-refractivity contribution in [1.29, 1.82) is 0 Å². The van der Waals surface area contributed by atoms with Crippen molar-refractivity contribution in [3.05, 3.63) is 95.2 Å². The van der Waals surface area contributed by atoms with Crippen LogP contribution in [0.4, 0.5) is 10.5 Å². The maximum atomic E-state index is 14.0. The van der Waals surface area contributed by atoms with Crippen LogP contribution in [0, 0.1) is 18.8 Å². The van der Waals surface area contributed by atoms with Gasteiger partial charge in [0.05, 0.1) is 5.56 Å². The fourth-order valence-electron chi connectivity index (χ4n) is 5.81. The molecule has 1 saturated heterocycles. The average molecular weight is 678 g/mol. The monoisotopic (exact) mass is 677 g/mol. The molecule has 260 valence electrons. The molecule has 1 unspecified atom stereocenters. The van der Waals surface area contributed by atoms with Crippen molar-refractivity contribution in [2.75, 3.05) is 11.9 Å². The van der Waals surface area contributed by atoms with Gasteiger partial charge < -0.3 is 30.5 Å². The number of anilines is 1. The number of amides is 3. The molecular weight excluding hydrogens is 634 g/mol. The number of benzene rings is 3. The highest BCUT2D eigenvalue weighted by atomic mass is 16.6. The molecule has 0 spiro atoms. The number of aromatic hydroxyl groups is 2. The highest BCUT2D eigenvalue weighted by Gasteiger charge is 2.37. The number of carbonyl (C=O) groups excluding carboxylic acids is 3. The van der Waals surface area contributed by atoms with Gasteiger partial charge in [0.15, 0.2) is 0 Å². The summed E-state index contributed by atoms with van der Waals surface area (Å²) in [5.41, 5.74) is 4.08. The Morgan fingerprint density at radius 1 is 1.00 bits per heavy atom. The second-order valence-electron chi connectivity index (χ2n) is 13.5. The van der Waals surface area contributed by atoms with Crippen molar-refractivity contribution in [2.24, 2.45) is 7.05 Å². The zero-order valence-electron chi connectivity index (χ0n) is 29.0. The number of aromatic nitrogens is 2. The largest absolute Gasteiger partial charge is 0.508 e. The van der Waals surface area contributed by atoms with E-state index >= 15 is 0 Å². The Morgan fingerprint density at radius 3 is 2.42 bits per heavy atom. The Balaban J connectivity index is 1.29. The van der Waals surface area contributed by atoms with E-state index < -0.39 is 23.8 Å². The highest BCUT2D eigenvalue weighted by molar-refractivity contribution is 5.98. The van der Waals surface area contributed by atoms with Gasteiger partial charge in [-0.15, -0.1) is 0 Å². The van der Waals surface area contributed by atoms with E-state index in [0.717, 1.165) is 24.0 Å². The minimum Gasteiger partial charge on any atom is -0.508 e. The molecule has 1 aliphatic rings. The summed E-state index contributed by atoms with van der Waals surface area (Å²) in [4.78, 5) is 42.0. The van der Waals surface area contributed by atoms with Crippen LogP contribution in [0.15, 0.2) is 72.9 Å². The second-order valence-corrected chi connectivity index (χ2v) is 13.5. The first-order chi connectivity index (χ1) is 23.8. The summed E-state index contributed by atoms with van der Waals surface area (Å²) in [6.45, 7) is 7.53. The molecule has 1 fully saturated rings. The smallest absolute Gasteiger partial charge is 0.408 e. The van der Waals surface area contributed by atoms with Crippen LogP contribution in [0.5, 0.6) is 11.5 Å². The number of nitrogens with one attached hydrogen (secondary N) is 2. The number of carbonyl (C=O) groups is 3. The number of likely N-dealkylation sites (tertiary alicyclic amines) is 1. The summed E-state index contributed by atoms with van der Waals surface area (Å²) in [7, 11) is 1.80. The lowest BCUT2D eigenvalue weighted by Gasteiger charge is -2.37. The van der Waals surface area contributed by atoms with Gasteiger partial charge in [0.2, 0.25) is 11.8 Å². The normalized spacial score (nSPS) is 15.0. The number of nitrogens with zero attached hydrogens (tertiary/aromatic N) is 3. The number of rotatable bonds is 7. The van der Waals surface area contributed by atoms with E-state index in [1.54, 1.807) is 86.1 Å². The number of ether oxygens (including phenoxy) is 1. The molecule has 11 nitrogen and oxygen atoms in total. The van der Waals surface area contributed by atoms with Crippen molar-refractivity contribution < 1.29 is 29.3 Å². The topological polar surface area (TPSA) is 146 Å². The SMILES string of the molecule is Cc1ccc(O)c(-c2nn(C)cc2C#Cc2ccc(NC(=O)C3CCCCN3C(=O)[C@H](Cc3ccc(O)cc3)NC(=O)OC(C)(C)C)cc2)c1. The molecule has 50 heavy (non-hydrogen) atoms. The average Bonchev–Trinajstić information content (AvgIpc) is 3.44. The molecule has 11 heteroatoms. The van der Waals surface area contributed by atoms with Crippen LogP contribution in [0.25, 0.3) is 11.3 Å². The predicted octanol–water partition coefficient (Wildman–Crippen LogP) is 5.66. The zero-order chi connectivity index (χ0) is 36.0. The second kappa shape index (κ2) is 15.2. The van der Waals surface area contributed by atoms with Gasteiger partial charge in [0.25, 0.3) is 0 Å². The Labute approximate surface area is 292 Å². The van der Waals surface area contributed by atoms with E-state index in [9.17, 15) is 24.6 Å². The fraction of sp³-hybridized carbons (Fsp3) is 0.333. The number of hydrogen-bond acceptors (Lipinski definition) is 7. The van der Waals surface area contributed by atoms with Crippen molar-refractivity contribution >= 4 is 23.6 Å². The van der Waals surface area contributed by atoms with Gasteiger partial charge in [-0.05, 0) is 101 Å². The first-order valence-corrected chi connectivity index (χ1v) is 16.6. The van der Waals surface area contributed by atoms with Crippen molar-refractivity contribution in [3.8, 4) is 34.6 Å². The number of hydrogen-bond donors (Lipinski definition) is 4. The summed E-state index contributed by atoms with van der Waals surface area (Å²) in [5.74, 6) is 5.80. The molecule has 4 aromatic rings. The van der Waals surface area contributed by atoms with Crippen molar-refractivity contribution in [1.82, 2.24) is 20.0 Å². The van der Waals surface area contributed by atoms with Gasteiger partial charge in [0, 0.05) is 43.0 Å². The summed E-state index contributed by atoms with van der Waals surface area (Å²) in [6, 6.07) is 17.1. The van der Waals surface area contributed by atoms with Crippen LogP contribution in [-0.4, -0.2) is 67.0 Å². The minimum atomic E-state index is -0.990. The summed E-state index contributed by atoms with van der Waals surface area (Å²) >= 11 is 0. The molecule has 4 N–H and O–H groups in total. The van der Waals surface area contributed by atoms with Crippen molar-refractivity contribution in [3.63, 3.8) is 0 Å². The zero-order valence-corrected chi connectivity index (χ0v) is 29.0. The van der Waals surface area contributed by atoms with Crippen LogP contribution in [-0.2, 0) is 27.8 Å². The van der Waals surface area contributed by atoms with E-state index in [1.807, 2.05) is 19.1 Å². The maximum Gasteiger partial charge on any atom is 0.408 e. The molecule has 1 aliphatic heterocycles. The predicted molar refractivity (Wildman–Crippen MR) is 190 cm³/mol. The van der Waals surface area contributed by atoms with Crippen LogP contribution in [0.2, 0.25) is 0 Å². The van der Waals surface area contributed by atoms with E-state index in [2.05, 4.69) is 27.6 Å². The Kier molecular flexibility index (Phi) is 10.8. The summed E-state index contributed by atoms with van der Waals surface area (Å²) < 4.78 is 7.10. The minimum absolute atomic E-state index is 0.0893. The van der Waals surface area contributed by atoms with Gasteiger partial charge in [-0.1, -0.05) is 35.6 Å². The quantitative estimate of drug-likeness (QED) is 0.185. The molecule has 0 aliphatic carbocycles. The number of alkyl carbamates (subject to hydrolysis) is 1. The Morgan fingerprint density at radius 2 is 1.72 bits per heavy atom. The molecule has 5 rings (SSSR count). The highest BCUT2D eigenvalue weighted by Crippen LogP contribution is 2.31. The lowest BCUT2D eigenvalue weighted by atomic mass is 9.98. The lowest BCUT2D eigenvalue weighted by molar-refractivity contribution is -0.142. The third-order valence-electron chi connectivity index (χ3n) is 8.18. The molecule has 3 amide bonds. The molecule has 2 heterocycles. The standard InChI is InChI=1S/C39H43N5O6/c1-25-9-20-34(46)31(22-25)35-28(24-43(5)42-35)15-10-26-11-16-29(17-12-26)40-36(47)33-8-6-7-21-44(33)37(48)32(41-38(49)50-39(2,3)4)23-27-13-18-30(45)19-14-27/h9,11-14,16-20,22,24,32-33,45-46H,6-8,21,23H2,1-5H3,(H,40,47)(H,41,49)/t32-,33?/m0/s1. The summed E-state index contributed by atoms with van der Waals surface area (Å²) in [6.07, 6.45) is 3.19. The van der Waals surface area contributed by atoms with Gasteiger partial charge in [-0.25, -0.2) is 4.79 Å². The number of aryl methyl sites for hydroxylation is 2. The molecule has 0 bridgehead atoms. The number of phenolic OH excluding ortho intramolecular Hbond substituents is 2. The first kappa shape index (κ1) is 35.5. The van der Waals surface area contributed by atoms with E-state index in [-0.39, 0.29) is 29.7 Å². The fourth-order valence-corrected chi connectivity index (χ4v) is 5.81. The van der Waals surface area contributed by atoms with Gasteiger partial charge >= 0.3 is 6.09 Å². The molecule has 2 atom stereocenters. The third kappa shape index (κ3) is 9.23. The van der Waals surface area contributed by atoms with Crippen LogP contribution in [0.1, 0.15) is 62.3 Å². The van der Waals surface area contributed by atoms with Crippen LogP contribution >= 0.6 is 0 Å². The molecule has 1 aromatic heterocycles. The van der Waals surface area contributed by atoms with Gasteiger partial charge in [-0.2, -0.15) is 5.10 Å². The number of phenols is 2. The van der Waals surface area contributed by atoms with Gasteiger partial charge in [-0.3, -0.25) is 14.3 Å². The molecule has 0 radical (unpaired) electrons. The lowest BCUT2D eigenvalue weighted by Crippen LogP contribution is -2.57. The Hall–Kier alpha value is -5.76.